The summed E-state index contributed by atoms with van der Waals surface area (Å²) in [5.41, 5.74) is 2.57. The van der Waals surface area contributed by atoms with E-state index in [9.17, 15) is 0 Å². The Hall–Kier alpha value is -1.32. The predicted octanol–water partition coefficient (Wildman–Crippen LogP) is 4.91. The third-order valence-electron chi connectivity index (χ3n) is 4.69. The van der Waals surface area contributed by atoms with E-state index in [4.69, 9.17) is 4.74 Å². The van der Waals surface area contributed by atoms with Crippen LogP contribution >= 0.6 is 15.9 Å². The van der Waals surface area contributed by atoms with Crippen molar-refractivity contribution in [3.8, 4) is 5.75 Å². The van der Waals surface area contributed by atoms with Crippen LogP contribution in [0.15, 0.2) is 53.0 Å². The number of benzene rings is 2. The zero-order chi connectivity index (χ0) is 16.3. The van der Waals surface area contributed by atoms with Crippen LogP contribution in [0.1, 0.15) is 37.8 Å². The summed E-state index contributed by atoms with van der Waals surface area (Å²) in [6.45, 7) is 6.56. The van der Waals surface area contributed by atoms with Crippen molar-refractivity contribution in [2.75, 3.05) is 13.1 Å². The average molecular weight is 374 g/mol. The van der Waals surface area contributed by atoms with Gasteiger partial charge in [-0.1, -0.05) is 50.2 Å². The normalized spacial score (nSPS) is 18.7. The van der Waals surface area contributed by atoms with Crippen LogP contribution in [0.3, 0.4) is 0 Å². The molecule has 0 radical (unpaired) electrons. The van der Waals surface area contributed by atoms with Gasteiger partial charge in [-0.2, -0.15) is 0 Å². The van der Waals surface area contributed by atoms with E-state index in [-0.39, 0.29) is 11.5 Å². The predicted molar refractivity (Wildman–Crippen MR) is 99.2 cm³/mol. The number of rotatable bonds is 4. The van der Waals surface area contributed by atoms with Gasteiger partial charge in [0, 0.05) is 12.0 Å². The summed E-state index contributed by atoms with van der Waals surface area (Å²) in [7, 11) is 0. The zero-order valence-electron chi connectivity index (χ0n) is 13.8. The lowest BCUT2D eigenvalue weighted by molar-refractivity contribution is 0.166. The summed E-state index contributed by atoms with van der Waals surface area (Å²) < 4.78 is 7.18. The van der Waals surface area contributed by atoms with Crippen LogP contribution in [0.2, 0.25) is 0 Å². The van der Waals surface area contributed by atoms with Crippen molar-refractivity contribution in [3.05, 3.63) is 64.1 Å². The maximum atomic E-state index is 6.15. The molecule has 0 amide bonds. The van der Waals surface area contributed by atoms with Gasteiger partial charge in [-0.05, 0) is 58.6 Å². The lowest BCUT2D eigenvalue weighted by atomic mass is 9.78. The summed E-state index contributed by atoms with van der Waals surface area (Å²) in [4.78, 5) is 0. The molecule has 23 heavy (non-hydrogen) atoms. The molecule has 3 heteroatoms. The molecule has 0 aromatic heterocycles. The molecule has 0 aliphatic carbocycles. The molecular formula is C20H24BrNO. The Morgan fingerprint density at radius 1 is 1.09 bits per heavy atom. The number of piperidine rings is 1. The fourth-order valence-corrected chi connectivity index (χ4v) is 3.58. The Morgan fingerprint density at radius 2 is 1.87 bits per heavy atom. The quantitative estimate of drug-likeness (QED) is 0.822. The summed E-state index contributed by atoms with van der Waals surface area (Å²) in [6.07, 6.45) is 2.58. The third-order valence-corrected chi connectivity index (χ3v) is 5.31. The van der Waals surface area contributed by atoms with Gasteiger partial charge in [0.15, 0.2) is 0 Å². The molecule has 1 N–H and O–H groups in total. The minimum absolute atomic E-state index is 0.0330. The van der Waals surface area contributed by atoms with Crippen LogP contribution in [0.5, 0.6) is 5.75 Å². The summed E-state index contributed by atoms with van der Waals surface area (Å²) in [5, 5.41) is 3.39. The van der Waals surface area contributed by atoms with E-state index in [0.29, 0.717) is 0 Å². The van der Waals surface area contributed by atoms with Gasteiger partial charge in [0.05, 0.1) is 4.47 Å². The van der Waals surface area contributed by atoms with Gasteiger partial charge in [0.2, 0.25) is 0 Å². The third kappa shape index (κ3) is 3.78. The highest BCUT2D eigenvalue weighted by molar-refractivity contribution is 9.10. The van der Waals surface area contributed by atoms with Gasteiger partial charge in [-0.25, -0.2) is 0 Å². The number of nitrogens with one attached hydrogen (secondary N) is 1. The van der Waals surface area contributed by atoms with Gasteiger partial charge in [-0.15, -0.1) is 0 Å². The molecule has 122 valence electrons. The van der Waals surface area contributed by atoms with Crippen molar-refractivity contribution in [2.45, 2.75) is 38.2 Å². The van der Waals surface area contributed by atoms with Crippen molar-refractivity contribution < 1.29 is 4.74 Å². The molecule has 0 saturated carbocycles. The first-order chi connectivity index (χ1) is 11.1. The fourth-order valence-electron chi connectivity index (χ4n) is 3.11. The van der Waals surface area contributed by atoms with E-state index in [1.54, 1.807) is 0 Å². The molecule has 0 bridgehead atoms. The highest BCUT2D eigenvalue weighted by atomic mass is 79.9. The van der Waals surface area contributed by atoms with Crippen molar-refractivity contribution in [2.24, 2.45) is 0 Å². The van der Waals surface area contributed by atoms with E-state index < -0.39 is 0 Å². The van der Waals surface area contributed by atoms with Crippen LogP contribution in [0.25, 0.3) is 0 Å². The van der Waals surface area contributed by atoms with E-state index in [1.165, 1.54) is 17.5 Å². The van der Waals surface area contributed by atoms with Gasteiger partial charge in [-0.3, -0.25) is 0 Å². The minimum atomic E-state index is -0.0330. The molecule has 1 atom stereocenters. The Morgan fingerprint density at radius 3 is 2.52 bits per heavy atom. The molecule has 1 saturated heterocycles. The van der Waals surface area contributed by atoms with Crippen LogP contribution in [0, 0.1) is 0 Å². The van der Waals surface area contributed by atoms with E-state index in [1.807, 2.05) is 0 Å². The Labute approximate surface area is 147 Å². The Kier molecular flexibility index (Phi) is 5.08. The van der Waals surface area contributed by atoms with Gasteiger partial charge >= 0.3 is 0 Å². The first-order valence-electron chi connectivity index (χ1n) is 8.30. The van der Waals surface area contributed by atoms with Crippen LogP contribution < -0.4 is 10.1 Å². The van der Waals surface area contributed by atoms with Gasteiger partial charge in [0.25, 0.3) is 0 Å². The Bertz CT molecular complexity index is 648. The molecule has 0 spiro atoms. The molecule has 2 aromatic carbocycles. The molecule has 1 fully saturated rings. The Balaban J connectivity index is 1.81. The second kappa shape index (κ2) is 7.06. The lowest BCUT2D eigenvalue weighted by Gasteiger charge is -2.28. The molecule has 1 aliphatic heterocycles. The summed E-state index contributed by atoms with van der Waals surface area (Å²) in [6, 6.07) is 17.1. The van der Waals surface area contributed by atoms with E-state index >= 15 is 0 Å². The molecule has 1 aliphatic rings. The van der Waals surface area contributed by atoms with Gasteiger partial charge < -0.3 is 10.1 Å². The second-order valence-electron chi connectivity index (χ2n) is 6.72. The topological polar surface area (TPSA) is 21.3 Å². The van der Waals surface area contributed by atoms with Crippen molar-refractivity contribution in [1.29, 1.82) is 0 Å². The van der Waals surface area contributed by atoms with Crippen molar-refractivity contribution in [3.63, 3.8) is 0 Å². The largest absolute Gasteiger partial charge is 0.488 e. The van der Waals surface area contributed by atoms with E-state index in [0.717, 1.165) is 29.7 Å². The van der Waals surface area contributed by atoms with Crippen LogP contribution in [-0.2, 0) is 5.41 Å². The van der Waals surface area contributed by atoms with Crippen LogP contribution in [0.4, 0.5) is 0 Å². The maximum Gasteiger partial charge on any atom is 0.133 e. The van der Waals surface area contributed by atoms with E-state index in [2.05, 4.69) is 83.6 Å². The first kappa shape index (κ1) is 16.5. The maximum absolute atomic E-state index is 6.15. The van der Waals surface area contributed by atoms with Crippen LogP contribution in [-0.4, -0.2) is 19.2 Å². The fraction of sp³-hybridized carbons (Fsp3) is 0.400. The SMILES string of the molecule is CC(C)(c1ccccc1)c1ccc(OC2CCCNC2)c(Br)c1. The number of halogens is 1. The summed E-state index contributed by atoms with van der Waals surface area (Å²) >= 11 is 3.69. The second-order valence-corrected chi connectivity index (χ2v) is 7.58. The molecular weight excluding hydrogens is 350 g/mol. The highest BCUT2D eigenvalue weighted by Gasteiger charge is 2.24. The average Bonchev–Trinajstić information content (AvgIpc) is 2.58. The summed E-state index contributed by atoms with van der Waals surface area (Å²) in [5.74, 6) is 0.936. The molecule has 3 rings (SSSR count). The lowest BCUT2D eigenvalue weighted by Crippen LogP contribution is -2.37. The van der Waals surface area contributed by atoms with Crippen molar-refractivity contribution >= 4 is 15.9 Å². The molecule has 2 nitrogen and oxygen atoms in total. The zero-order valence-corrected chi connectivity index (χ0v) is 15.4. The standard InChI is InChI=1S/C20H24BrNO/c1-20(2,15-7-4-3-5-8-15)16-10-11-19(18(21)13-16)23-17-9-6-12-22-14-17/h3-5,7-8,10-11,13,17,22H,6,9,12,14H2,1-2H3. The molecule has 1 unspecified atom stereocenters. The minimum Gasteiger partial charge on any atom is -0.488 e. The monoisotopic (exact) mass is 373 g/mol. The molecule has 1 heterocycles. The highest BCUT2D eigenvalue weighted by Crippen LogP contribution is 2.36. The molecule has 2 aromatic rings. The van der Waals surface area contributed by atoms with Gasteiger partial charge in [0.1, 0.15) is 11.9 Å². The number of ether oxygens (including phenoxy) is 1. The number of hydrogen-bond acceptors (Lipinski definition) is 2. The first-order valence-corrected chi connectivity index (χ1v) is 9.09. The van der Waals surface area contributed by atoms with Crippen molar-refractivity contribution in [1.82, 2.24) is 5.32 Å². The smallest absolute Gasteiger partial charge is 0.133 e. The number of hydrogen-bond donors (Lipinski definition) is 1.